The van der Waals surface area contributed by atoms with Crippen LogP contribution in [-0.2, 0) is 15.9 Å². The summed E-state index contributed by atoms with van der Waals surface area (Å²) >= 11 is 0. The lowest BCUT2D eigenvalue weighted by atomic mass is 10.0. The molecule has 0 spiro atoms. The van der Waals surface area contributed by atoms with E-state index in [2.05, 4.69) is 9.38 Å². The monoisotopic (exact) mass is 445 g/mol. The lowest BCUT2D eigenvalue weighted by Crippen LogP contribution is -2.37. The quantitative estimate of drug-likeness (QED) is 0.643. The highest BCUT2D eigenvalue weighted by Gasteiger charge is 2.32. The molecule has 9 heteroatoms. The van der Waals surface area contributed by atoms with Gasteiger partial charge in [-0.05, 0) is 35.9 Å². The van der Waals surface area contributed by atoms with Gasteiger partial charge in [0.05, 0.1) is 5.75 Å². The molecule has 0 amide bonds. The van der Waals surface area contributed by atoms with Crippen molar-refractivity contribution in [3.8, 4) is 11.5 Å². The summed E-state index contributed by atoms with van der Waals surface area (Å²) in [6.45, 7) is 2.05. The predicted molar refractivity (Wildman–Crippen MR) is 115 cm³/mol. The molecule has 0 unspecified atom stereocenters. The number of hydrogen-bond donors (Lipinski definition) is 0. The summed E-state index contributed by atoms with van der Waals surface area (Å²) in [5, 5.41) is 0. The summed E-state index contributed by atoms with van der Waals surface area (Å²) in [4.78, 5) is 5.59. The van der Waals surface area contributed by atoms with E-state index in [1.807, 2.05) is 6.08 Å². The standard InChI is InChI=1S/C22H21F2N3O3S/c1-2-10-22(23,24)20-15-18(9-11-25-20)30-17-7-5-16(6-8-17)19-4-3-12-27-13-14-31(28,29)26-21(19)27/h3-9,11-12,15H,2,10,13-14H2,1H3. The molecule has 2 aliphatic heterocycles. The average Bonchev–Trinajstić information content (AvgIpc) is 2.74. The summed E-state index contributed by atoms with van der Waals surface area (Å²) in [5.74, 6) is -1.92. The zero-order valence-electron chi connectivity index (χ0n) is 16.8. The van der Waals surface area contributed by atoms with E-state index in [9.17, 15) is 17.2 Å². The molecular formula is C22H21F2N3O3S. The minimum absolute atomic E-state index is 0.0217. The summed E-state index contributed by atoms with van der Waals surface area (Å²) < 4.78 is 61.8. The second-order valence-corrected chi connectivity index (χ2v) is 9.03. The Kier molecular flexibility index (Phi) is 5.62. The highest BCUT2D eigenvalue weighted by molar-refractivity contribution is 7.90. The maximum atomic E-state index is 14.1. The Morgan fingerprint density at radius 1 is 1.16 bits per heavy atom. The van der Waals surface area contributed by atoms with Crippen LogP contribution in [0.15, 0.2) is 65.3 Å². The van der Waals surface area contributed by atoms with Crippen molar-refractivity contribution in [2.75, 3.05) is 12.3 Å². The summed E-state index contributed by atoms with van der Waals surface area (Å²) in [6, 6.07) is 9.71. The number of fused-ring (bicyclic) bond motifs is 1. The normalized spacial score (nSPS) is 17.6. The van der Waals surface area contributed by atoms with E-state index >= 15 is 0 Å². The van der Waals surface area contributed by atoms with Crippen molar-refractivity contribution >= 4 is 21.4 Å². The first-order valence-corrected chi connectivity index (χ1v) is 11.5. The number of amidine groups is 1. The Hall–Kier alpha value is -3.07. The fourth-order valence-corrected chi connectivity index (χ4v) is 4.38. The van der Waals surface area contributed by atoms with Crippen LogP contribution < -0.4 is 4.74 Å². The number of pyridine rings is 1. The van der Waals surface area contributed by atoms with Gasteiger partial charge in [0, 0.05) is 37.0 Å². The van der Waals surface area contributed by atoms with E-state index in [4.69, 9.17) is 4.74 Å². The van der Waals surface area contributed by atoms with Crippen LogP contribution in [0, 0.1) is 0 Å². The number of nitrogens with zero attached hydrogens (tertiary/aromatic N) is 3. The third kappa shape index (κ3) is 4.66. The fourth-order valence-electron chi connectivity index (χ4n) is 3.40. The van der Waals surface area contributed by atoms with Crippen LogP contribution >= 0.6 is 0 Å². The molecule has 6 nitrogen and oxygen atoms in total. The van der Waals surface area contributed by atoms with Crippen LogP contribution in [0.3, 0.4) is 0 Å². The second-order valence-electron chi connectivity index (χ2n) is 7.27. The Labute approximate surface area is 179 Å². The molecule has 0 N–H and O–H groups in total. The molecule has 3 heterocycles. The molecule has 1 aromatic heterocycles. The molecular weight excluding hydrogens is 424 g/mol. The number of halogens is 2. The molecule has 0 aliphatic carbocycles. The topological polar surface area (TPSA) is 71.9 Å². The molecule has 2 aliphatic rings. The van der Waals surface area contributed by atoms with E-state index in [0.717, 1.165) is 5.56 Å². The van der Waals surface area contributed by atoms with Gasteiger partial charge in [0.25, 0.3) is 15.9 Å². The van der Waals surface area contributed by atoms with Crippen molar-refractivity contribution in [2.24, 2.45) is 4.40 Å². The fraction of sp³-hybridized carbons (Fsp3) is 0.273. The van der Waals surface area contributed by atoms with Crippen molar-refractivity contribution in [3.05, 3.63) is 72.2 Å². The number of aromatic nitrogens is 1. The van der Waals surface area contributed by atoms with Crippen LogP contribution in [0.2, 0.25) is 0 Å². The maximum Gasteiger partial charge on any atom is 0.289 e. The third-order valence-corrected chi connectivity index (χ3v) is 6.08. The first-order valence-electron chi connectivity index (χ1n) is 9.88. The lowest BCUT2D eigenvalue weighted by Gasteiger charge is -2.29. The molecule has 0 radical (unpaired) electrons. The van der Waals surface area contributed by atoms with Crippen LogP contribution in [0.25, 0.3) is 5.57 Å². The first kappa shape index (κ1) is 21.2. The number of benzene rings is 1. The first-order chi connectivity index (χ1) is 14.8. The summed E-state index contributed by atoms with van der Waals surface area (Å²) in [7, 11) is -3.48. The molecule has 0 bridgehead atoms. The zero-order valence-corrected chi connectivity index (χ0v) is 17.6. The number of ether oxygens (including phenoxy) is 1. The summed E-state index contributed by atoms with van der Waals surface area (Å²) in [6.07, 6.45) is 6.80. The van der Waals surface area contributed by atoms with E-state index in [-0.39, 0.29) is 23.6 Å². The van der Waals surface area contributed by atoms with Crippen molar-refractivity contribution in [2.45, 2.75) is 25.7 Å². The van der Waals surface area contributed by atoms with E-state index in [1.165, 1.54) is 18.3 Å². The molecule has 0 saturated carbocycles. The van der Waals surface area contributed by atoms with Gasteiger partial charge in [0.15, 0.2) is 5.84 Å². The van der Waals surface area contributed by atoms with Crippen molar-refractivity contribution < 1.29 is 21.9 Å². The van der Waals surface area contributed by atoms with Gasteiger partial charge >= 0.3 is 0 Å². The van der Waals surface area contributed by atoms with E-state index < -0.39 is 15.9 Å². The van der Waals surface area contributed by atoms with Crippen LogP contribution in [0.5, 0.6) is 11.5 Å². The number of hydrogen-bond acceptors (Lipinski definition) is 5. The number of sulfonamides is 1. The Morgan fingerprint density at radius 2 is 1.94 bits per heavy atom. The van der Waals surface area contributed by atoms with Gasteiger partial charge in [-0.2, -0.15) is 8.78 Å². The van der Waals surface area contributed by atoms with Crippen molar-refractivity contribution in [1.29, 1.82) is 0 Å². The third-order valence-electron chi connectivity index (χ3n) is 4.93. The average molecular weight is 445 g/mol. The minimum Gasteiger partial charge on any atom is -0.457 e. The number of rotatable bonds is 6. The molecule has 0 fully saturated rings. The zero-order chi connectivity index (χ0) is 22.1. The smallest absolute Gasteiger partial charge is 0.289 e. The van der Waals surface area contributed by atoms with Crippen molar-refractivity contribution in [3.63, 3.8) is 0 Å². The SMILES string of the molecule is CCCC(F)(F)c1cc(Oc2ccc(C3=CC=CN4CCS(=O)(=O)N=C34)cc2)ccn1. The van der Waals surface area contributed by atoms with Gasteiger partial charge in [0.1, 0.15) is 17.2 Å². The molecule has 4 rings (SSSR count). The lowest BCUT2D eigenvalue weighted by molar-refractivity contribution is -0.0185. The number of allylic oxidation sites excluding steroid dienone is 2. The minimum atomic E-state index is -3.48. The number of alkyl halides is 2. The second kappa shape index (κ2) is 8.22. The summed E-state index contributed by atoms with van der Waals surface area (Å²) in [5.41, 5.74) is 1.13. The van der Waals surface area contributed by atoms with Gasteiger partial charge in [-0.1, -0.05) is 25.5 Å². The highest BCUT2D eigenvalue weighted by Crippen LogP contribution is 2.34. The molecule has 0 atom stereocenters. The van der Waals surface area contributed by atoms with E-state index in [0.29, 0.717) is 30.1 Å². The Balaban J connectivity index is 1.55. The maximum absolute atomic E-state index is 14.1. The molecule has 31 heavy (non-hydrogen) atoms. The van der Waals surface area contributed by atoms with Gasteiger partial charge in [0.2, 0.25) is 0 Å². The van der Waals surface area contributed by atoms with Gasteiger partial charge in [-0.25, -0.2) is 8.42 Å². The molecule has 2 aromatic rings. The van der Waals surface area contributed by atoms with Gasteiger partial charge < -0.3 is 9.64 Å². The van der Waals surface area contributed by atoms with Gasteiger partial charge in [-0.15, -0.1) is 4.40 Å². The van der Waals surface area contributed by atoms with Crippen molar-refractivity contribution in [1.82, 2.24) is 9.88 Å². The largest absolute Gasteiger partial charge is 0.457 e. The molecule has 0 saturated heterocycles. The van der Waals surface area contributed by atoms with Crippen LogP contribution in [0.4, 0.5) is 8.78 Å². The molecule has 162 valence electrons. The van der Waals surface area contributed by atoms with Crippen LogP contribution in [0.1, 0.15) is 31.0 Å². The van der Waals surface area contributed by atoms with Crippen LogP contribution in [-0.4, -0.2) is 36.4 Å². The molecule has 1 aromatic carbocycles. The van der Waals surface area contributed by atoms with Gasteiger partial charge in [-0.3, -0.25) is 4.98 Å². The van der Waals surface area contributed by atoms with E-state index in [1.54, 1.807) is 48.4 Å². The predicted octanol–water partition coefficient (Wildman–Crippen LogP) is 4.72. The Morgan fingerprint density at radius 3 is 2.68 bits per heavy atom. The Bertz CT molecular complexity index is 1170. The highest BCUT2D eigenvalue weighted by atomic mass is 32.2.